The quantitative estimate of drug-likeness (QED) is 0.529. The third-order valence-electron chi connectivity index (χ3n) is 4.44. The Labute approximate surface area is 175 Å². The monoisotopic (exact) mass is 411 g/mol. The molecule has 3 rings (SSSR count). The van der Waals surface area contributed by atoms with Gasteiger partial charge in [-0.1, -0.05) is 11.2 Å². The molecule has 0 spiro atoms. The van der Waals surface area contributed by atoms with Crippen molar-refractivity contribution in [2.75, 3.05) is 34.9 Å². The Balaban J connectivity index is 1.88. The molecule has 1 aromatic carbocycles. The van der Waals surface area contributed by atoms with Crippen LogP contribution >= 0.6 is 0 Å². The molecule has 0 aliphatic carbocycles. The summed E-state index contributed by atoms with van der Waals surface area (Å²) in [5.74, 6) is 1.66. The Morgan fingerprint density at radius 1 is 1.13 bits per heavy atom. The van der Waals surface area contributed by atoms with Crippen molar-refractivity contribution in [1.29, 1.82) is 0 Å². The lowest BCUT2D eigenvalue weighted by Gasteiger charge is -2.19. The van der Waals surface area contributed by atoms with Gasteiger partial charge in [0.1, 0.15) is 5.75 Å². The summed E-state index contributed by atoms with van der Waals surface area (Å²) in [6, 6.07) is 9.62. The summed E-state index contributed by atoms with van der Waals surface area (Å²) in [7, 11) is 6.93. The molecule has 0 N–H and O–H groups in total. The number of nitrogens with zero attached hydrogens (tertiary/aromatic N) is 5. The number of hydrogen-bond acceptors (Lipinski definition) is 8. The molecule has 0 aliphatic rings. The van der Waals surface area contributed by atoms with E-state index >= 15 is 0 Å². The van der Waals surface area contributed by atoms with Gasteiger partial charge in [-0.05, 0) is 36.9 Å². The largest absolute Gasteiger partial charge is 0.483 e. The third-order valence-corrected chi connectivity index (χ3v) is 4.44. The first-order chi connectivity index (χ1) is 14.5. The summed E-state index contributed by atoms with van der Waals surface area (Å²) >= 11 is 0. The van der Waals surface area contributed by atoms with Gasteiger partial charge < -0.3 is 18.9 Å². The Kier molecular flexibility index (Phi) is 6.97. The van der Waals surface area contributed by atoms with Crippen molar-refractivity contribution < 1.29 is 18.8 Å². The van der Waals surface area contributed by atoms with E-state index in [0.717, 1.165) is 16.7 Å². The average molecular weight is 411 g/mol. The first-order valence-electron chi connectivity index (χ1n) is 9.37. The van der Waals surface area contributed by atoms with Gasteiger partial charge in [0.2, 0.25) is 12.3 Å². The summed E-state index contributed by atoms with van der Waals surface area (Å²) in [4.78, 5) is 23.8. The van der Waals surface area contributed by atoms with Crippen LogP contribution in [0.25, 0.3) is 11.1 Å². The molecule has 9 nitrogen and oxygen atoms in total. The van der Waals surface area contributed by atoms with Gasteiger partial charge in [-0.2, -0.15) is 4.98 Å². The zero-order valence-corrected chi connectivity index (χ0v) is 17.5. The van der Waals surface area contributed by atoms with Crippen molar-refractivity contribution in [3.05, 3.63) is 54.3 Å². The fraction of sp³-hybridized carbons (Fsp3) is 0.333. The second kappa shape index (κ2) is 9.84. The zero-order chi connectivity index (χ0) is 21.5. The number of aromatic nitrogens is 3. The van der Waals surface area contributed by atoms with Crippen LogP contribution in [0.5, 0.6) is 11.6 Å². The maximum Gasteiger partial charge on any atom is 0.259 e. The van der Waals surface area contributed by atoms with Crippen LogP contribution < -0.4 is 9.47 Å². The lowest BCUT2D eigenvalue weighted by atomic mass is 10.0. The Hall–Kier alpha value is -3.46. The van der Waals surface area contributed by atoms with E-state index in [1.165, 1.54) is 11.3 Å². The van der Waals surface area contributed by atoms with Crippen LogP contribution in [-0.4, -0.2) is 65.7 Å². The Morgan fingerprint density at radius 2 is 1.97 bits per heavy atom. The molecule has 9 heteroatoms. The van der Waals surface area contributed by atoms with Gasteiger partial charge in [-0.15, -0.1) is 0 Å². The highest BCUT2D eigenvalue weighted by Gasteiger charge is 2.15. The number of carbonyl (C=O) groups excluding carboxylic acids is 1. The molecule has 0 unspecified atom stereocenters. The van der Waals surface area contributed by atoms with Crippen LogP contribution in [0.15, 0.2) is 47.4 Å². The van der Waals surface area contributed by atoms with Crippen LogP contribution in [0, 0.1) is 0 Å². The highest BCUT2D eigenvalue weighted by Crippen LogP contribution is 2.32. The fourth-order valence-corrected chi connectivity index (χ4v) is 2.90. The van der Waals surface area contributed by atoms with Crippen LogP contribution in [0.2, 0.25) is 0 Å². The number of ether oxygens (including phenoxy) is 2. The van der Waals surface area contributed by atoms with Gasteiger partial charge in [0.05, 0.1) is 13.7 Å². The summed E-state index contributed by atoms with van der Waals surface area (Å²) in [6.07, 6.45) is 2.99. The molecule has 1 amide bonds. The fourth-order valence-electron chi connectivity index (χ4n) is 2.90. The highest BCUT2D eigenvalue weighted by atomic mass is 16.5. The van der Waals surface area contributed by atoms with Crippen molar-refractivity contribution in [2.24, 2.45) is 0 Å². The van der Waals surface area contributed by atoms with Gasteiger partial charge in [-0.3, -0.25) is 9.69 Å². The SMILES string of the molecule is COc1ncccc1-c1ccc(OCC(=O)N(C)C)c(CN(C)Cc2ncon2)c1. The van der Waals surface area contributed by atoms with E-state index in [1.807, 2.05) is 42.3 Å². The second-order valence-electron chi connectivity index (χ2n) is 6.98. The lowest BCUT2D eigenvalue weighted by Crippen LogP contribution is -2.28. The second-order valence-corrected chi connectivity index (χ2v) is 6.98. The van der Waals surface area contributed by atoms with E-state index in [9.17, 15) is 4.79 Å². The first kappa shape index (κ1) is 21.3. The smallest absolute Gasteiger partial charge is 0.259 e. The zero-order valence-electron chi connectivity index (χ0n) is 17.5. The molecule has 0 bridgehead atoms. The van der Waals surface area contributed by atoms with Gasteiger partial charge in [-0.25, -0.2) is 4.98 Å². The van der Waals surface area contributed by atoms with Gasteiger partial charge in [0.15, 0.2) is 12.4 Å². The molecule has 30 heavy (non-hydrogen) atoms. The number of amides is 1. The van der Waals surface area contributed by atoms with Crippen molar-refractivity contribution in [1.82, 2.24) is 24.9 Å². The summed E-state index contributed by atoms with van der Waals surface area (Å²) < 4.78 is 16.0. The molecular formula is C21H25N5O4. The Bertz CT molecular complexity index is 975. The topological polar surface area (TPSA) is 93.8 Å². The molecule has 158 valence electrons. The Morgan fingerprint density at radius 3 is 2.67 bits per heavy atom. The summed E-state index contributed by atoms with van der Waals surface area (Å²) in [6.45, 7) is 1.02. The standard InChI is InChI=1S/C21H25N5O4/c1-25(2)20(27)13-29-18-8-7-15(17-6-5-9-22-21(17)28-4)10-16(18)11-26(3)12-19-23-14-30-24-19/h5-10,14H,11-13H2,1-4H3. The van der Waals surface area contributed by atoms with E-state index in [1.54, 1.807) is 27.4 Å². The molecule has 0 fully saturated rings. The summed E-state index contributed by atoms with van der Waals surface area (Å²) in [5.41, 5.74) is 2.73. The molecule has 2 heterocycles. The minimum atomic E-state index is -0.112. The van der Waals surface area contributed by atoms with Gasteiger partial charge in [0, 0.05) is 38.0 Å². The van der Waals surface area contributed by atoms with Crippen LogP contribution in [0.1, 0.15) is 11.4 Å². The van der Waals surface area contributed by atoms with Crippen molar-refractivity contribution in [2.45, 2.75) is 13.1 Å². The van der Waals surface area contributed by atoms with Crippen LogP contribution in [-0.2, 0) is 17.9 Å². The first-order valence-corrected chi connectivity index (χ1v) is 9.37. The normalized spacial score (nSPS) is 10.8. The molecule has 2 aromatic heterocycles. The predicted molar refractivity (Wildman–Crippen MR) is 110 cm³/mol. The van der Waals surface area contributed by atoms with Crippen molar-refractivity contribution in [3.63, 3.8) is 0 Å². The van der Waals surface area contributed by atoms with E-state index in [4.69, 9.17) is 14.0 Å². The van der Waals surface area contributed by atoms with Crippen molar-refractivity contribution >= 4 is 5.91 Å². The average Bonchev–Trinajstić information content (AvgIpc) is 3.25. The number of carbonyl (C=O) groups is 1. The number of likely N-dealkylation sites (N-methyl/N-ethyl adjacent to an activating group) is 1. The van der Waals surface area contributed by atoms with E-state index in [2.05, 4.69) is 15.1 Å². The number of benzene rings is 1. The maximum absolute atomic E-state index is 12.0. The molecule has 3 aromatic rings. The minimum Gasteiger partial charge on any atom is -0.483 e. The molecule has 0 aliphatic heterocycles. The van der Waals surface area contributed by atoms with Crippen LogP contribution in [0.3, 0.4) is 0 Å². The predicted octanol–water partition coefficient (Wildman–Crippen LogP) is 2.24. The van der Waals surface area contributed by atoms with E-state index < -0.39 is 0 Å². The maximum atomic E-state index is 12.0. The van der Waals surface area contributed by atoms with E-state index in [0.29, 0.717) is 30.5 Å². The molecule has 0 radical (unpaired) electrons. The highest BCUT2D eigenvalue weighted by molar-refractivity contribution is 5.77. The molecule has 0 atom stereocenters. The number of pyridine rings is 1. The van der Waals surface area contributed by atoms with Crippen LogP contribution in [0.4, 0.5) is 0 Å². The number of hydrogen-bond donors (Lipinski definition) is 0. The van der Waals surface area contributed by atoms with Crippen molar-refractivity contribution in [3.8, 4) is 22.8 Å². The molecular weight excluding hydrogens is 386 g/mol. The number of methoxy groups -OCH3 is 1. The molecule has 0 saturated heterocycles. The third kappa shape index (κ3) is 5.32. The minimum absolute atomic E-state index is 0.0376. The van der Waals surface area contributed by atoms with E-state index in [-0.39, 0.29) is 12.5 Å². The number of rotatable bonds is 9. The summed E-state index contributed by atoms with van der Waals surface area (Å²) in [5, 5.41) is 3.85. The lowest BCUT2D eigenvalue weighted by molar-refractivity contribution is -0.130. The molecule has 0 saturated carbocycles. The van der Waals surface area contributed by atoms with Gasteiger partial charge in [0.25, 0.3) is 5.91 Å². The van der Waals surface area contributed by atoms with Gasteiger partial charge >= 0.3 is 0 Å².